The SMILES string of the molecule is CC(Nc1ccc(S(N)(=O)=O)cc1)c1nccs1. The highest BCUT2D eigenvalue weighted by molar-refractivity contribution is 7.89. The Balaban J connectivity index is 2.12. The summed E-state index contributed by atoms with van der Waals surface area (Å²) in [6.07, 6.45) is 1.75. The van der Waals surface area contributed by atoms with Gasteiger partial charge in [0.25, 0.3) is 0 Å². The fourth-order valence-corrected chi connectivity index (χ4v) is 2.66. The molecule has 18 heavy (non-hydrogen) atoms. The summed E-state index contributed by atoms with van der Waals surface area (Å²) < 4.78 is 22.2. The zero-order valence-electron chi connectivity index (χ0n) is 9.70. The molecular weight excluding hydrogens is 270 g/mol. The van der Waals surface area contributed by atoms with Crippen LogP contribution in [0.3, 0.4) is 0 Å². The number of rotatable bonds is 4. The Labute approximate surface area is 110 Å². The molecule has 96 valence electrons. The van der Waals surface area contributed by atoms with E-state index in [1.807, 2.05) is 12.3 Å². The number of nitrogens with one attached hydrogen (secondary N) is 1. The van der Waals surface area contributed by atoms with Gasteiger partial charge in [-0.2, -0.15) is 0 Å². The molecule has 2 aromatic rings. The second kappa shape index (κ2) is 5.05. The van der Waals surface area contributed by atoms with Crippen LogP contribution >= 0.6 is 11.3 Å². The predicted molar refractivity (Wildman–Crippen MR) is 72.0 cm³/mol. The topological polar surface area (TPSA) is 85.1 Å². The first-order valence-corrected chi connectivity index (χ1v) is 7.68. The van der Waals surface area contributed by atoms with Gasteiger partial charge in [-0.15, -0.1) is 11.3 Å². The molecule has 0 amide bonds. The second-order valence-corrected chi connectivity index (χ2v) is 6.29. The normalized spacial score (nSPS) is 13.2. The van der Waals surface area contributed by atoms with Crippen LogP contribution in [0, 0.1) is 0 Å². The molecular formula is C11H13N3O2S2. The van der Waals surface area contributed by atoms with Gasteiger partial charge in [0.2, 0.25) is 10.0 Å². The van der Waals surface area contributed by atoms with E-state index in [4.69, 9.17) is 5.14 Å². The monoisotopic (exact) mass is 283 g/mol. The molecule has 2 rings (SSSR count). The summed E-state index contributed by atoms with van der Waals surface area (Å²) in [5, 5.41) is 11.2. The zero-order chi connectivity index (χ0) is 13.2. The first kappa shape index (κ1) is 13.0. The van der Waals surface area contributed by atoms with Gasteiger partial charge in [0.15, 0.2) is 0 Å². The van der Waals surface area contributed by atoms with Crippen LogP contribution < -0.4 is 10.5 Å². The maximum absolute atomic E-state index is 11.1. The summed E-state index contributed by atoms with van der Waals surface area (Å²) in [5.74, 6) is 0. The number of nitrogens with zero attached hydrogens (tertiary/aromatic N) is 1. The van der Waals surface area contributed by atoms with E-state index in [9.17, 15) is 8.42 Å². The van der Waals surface area contributed by atoms with Crippen LogP contribution in [0.2, 0.25) is 0 Å². The highest BCUT2D eigenvalue weighted by atomic mass is 32.2. The van der Waals surface area contributed by atoms with E-state index in [1.54, 1.807) is 29.7 Å². The minimum Gasteiger partial charge on any atom is -0.376 e. The molecule has 0 radical (unpaired) electrons. The number of aromatic nitrogens is 1. The lowest BCUT2D eigenvalue weighted by molar-refractivity contribution is 0.598. The van der Waals surface area contributed by atoms with Gasteiger partial charge in [0.05, 0.1) is 10.9 Å². The number of primary sulfonamides is 1. The number of sulfonamides is 1. The molecule has 0 aliphatic heterocycles. The Kier molecular flexibility index (Phi) is 3.65. The van der Waals surface area contributed by atoms with Crippen molar-refractivity contribution in [2.75, 3.05) is 5.32 Å². The van der Waals surface area contributed by atoms with Crippen molar-refractivity contribution in [2.24, 2.45) is 5.14 Å². The number of nitrogens with two attached hydrogens (primary N) is 1. The van der Waals surface area contributed by atoms with Gasteiger partial charge in [0, 0.05) is 17.3 Å². The van der Waals surface area contributed by atoms with Crippen LogP contribution in [0.15, 0.2) is 40.7 Å². The van der Waals surface area contributed by atoms with Gasteiger partial charge >= 0.3 is 0 Å². The third-order valence-corrected chi connectivity index (χ3v) is 4.28. The molecule has 1 aromatic heterocycles. The highest BCUT2D eigenvalue weighted by Crippen LogP contribution is 2.21. The van der Waals surface area contributed by atoms with Gasteiger partial charge in [-0.3, -0.25) is 0 Å². The molecule has 0 aliphatic carbocycles. The lowest BCUT2D eigenvalue weighted by Gasteiger charge is -2.12. The van der Waals surface area contributed by atoms with Crippen LogP contribution in [0.25, 0.3) is 0 Å². The standard InChI is InChI=1S/C11H13N3O2S2/c1-8(11-13-6-7-17-11)14-9-2-4-10(5-3-9)18(12,15)16/h2-8,14H,1H3,(H2,12,15,16). The van der Waals surface area contributed by atoms with E-state index in [-0.39, 0.29) is 10.9 Å². The van der Waals surface area contributed by atoms with Crippen molar-refractivity contribution in [1.29, 1.82) is 0 Å². The van der Waals surface area contributed by atoms with Gasteiger partial charge < -0.3 is 5.32 Å². The van der Waals surface area contributed by atoms with Crippen LogP contribution in [-0.2, 0) is 10.0 Å². The summed E-state index contributed by atoms with van der Waals surface area (Å²) in [5.41, 5.74) is 0.824. The van der Waals surface area contributed by atoms with E-state index in [1.165, 1.54) is 12.1 Å². The largest absolute Gasteiger partial charge is 0.376 e. The fraction of sp³-hybridized carbons (Fsp3) is 0.182. The quantitative estimate of drug-likeness (QED) is 0.898. The molecule has 1 unspecified atom stereocenters. The molecule has 1 aromatic carbocycles. The molecule has 3 N–H and O–H groups in total. The summed E-state index contributed by atoms with van der Waals surface area (Å²) in [6, 6.07) is 6.40. The van der Waals surface area contributed by atoms with Gasteiger partial charge in [-0.1, -0.05) is 0 Å². The molecule has 0 spiro atoms. The smallest absolute Gasteiger partial charge is 0.238 e. The maximum atomic E-state index is 11.1. The Hall–Kier alpha value is -1.44. The van der Waals surface area contributed by atoms with Crippen LogP contribution in [0.5, 0.6) is 0 Å². The summed E-state index contributed by atoms with van der Waals surface area (Å²) >= 11 is 1.57. The van der Waals surface area contributed by atoms with Gasteiger partial charge in [0.1, 0.15) is 5.01 Å². The molecule has 0 saturated heterocycles. The van der Waals surface area contributed by atoms with Crippen molar-refractivity contribution >= 4 is 27.0 Å². The maximum Gasteiger partial charge on any atom is 0.238 e. The van der Waals surface area contributed by atoms with E-state index < -0.39 is 10.0 Å². The Morgan fingerprint density at radius 2 is 2.00 bits per heavy atom. The minimum absolute atomic E-state index is 0.0744. The third kappa shape index (κ3) is 3.06. The van der Waals surface area contributed by atoms with Crippen molar-refractivity contribution in [3.05, 3.63) is 40.8 Å². The van der Waals surface area contributed by atoms with Crippen molar-refractivity contribution in [2.45, 2.75) is 17.9 Å². The average Bonchev–Trinajstić information content (AvgIpc) is 2.82. The van der Waals surface area contributed by atoms with Gasteiger partial charge in [-0.05, 0) is 31.2 Å². The number of benzene rings is 1. The number of anilines is 1. The summed E-state index contributed by atoms with van der Waals surface area (Å²) in [6.45, 7) is 1.99. The van der Waals surface area contributed by atoms with Gasteiger partial charge in [-0.25, -0.2) is 18.5 Å². The number of hydrogen-bond acceptors (Lipinski definition) is 5. The fourth-order valence-electron chi connectivity index (χ4n) is 1.50. The molecule has 5 nitrogen and oxygen atoms in total. The third-order valence-electron chi connectivity index (χ3n) is 2.39. The number of thiazole rings is 1. The van der Waals surface area contributed by atoms with Crippen molar-refractivity contribution in [3.63, 3.8) is 0 Å². The summed E-state index contributed by atoms with van der Waals surface area (Å²) in [4.78, 5) is 4.32. The molecule has 7 heteroatoms. The minimum atomic E-state index is -3.63. The molecule has 1 atom stereocenters. The Morgan fingerprint density at radius 1 is 1.33 bits per heavy atom. The lowest BCUT2D eigenvalue weighted by Crippen LogP contribution is -2.12. The Morgan fingerprint density at radius 3 is 2.50 bits per heavy atom. The summed E-state index contributed by atoms with van der Waals surface area (Å²) in [7, 11) is -3.63. The molecule has 0 aliphatic rings. The molecule has 0 bridgehead atoms. The van der Waals surface area contributed by atoms with E-state index in [0.29, 0.717) is 0 Å². The number of hydrogen-bond donors (Lipinski definition) is 2. The molecule has 0 fully saturated rings. The molecule has 1 heterocycles. The van der Waals surface area contributed by atoms with Crippen molar-refractivity contribution in [1.82, 2.24) is 4.98 Å². The van der Waals surface area contributed by atoms with Crippen molar-refractivity contribution in [3.8, 4) is 0 Å². The van der Waals surface area contributed by atoms with E-state index in [0.717, 1.165) is 10.7 Å². The van der Waals surface area contributed by atoms with E-state index >= 15 is 0 Å². The van der Waals surface area contributed by atoms with E-state index in [2.05, 4.69) is 10.3 Å². The highest BCUT2D eigenvalue weighted by Gasteiger charge is 2.09. The van der Waals surface area contributed by atoms with Crippen LogP contribution in [0.1, 0.15) is 18.0 Å². The van der Waals surface area contributed by atoms with Crippen molar-refractivity contribution < 1.29 is 8.42 Å². The zero-order valence-corrected chi connectivity index (χ0v) is 11.3. The second-order valence-electron chi connectivity index (χ2n) is 3.81. The molecule has 0 saturated carbocycles. The van der Waals surface area contributed by atoms with Crippen LogP contribution in [0.4, 0.5) is 5.69 Å². The Bertz CT molecular complexity index is 606. The lowest BCUT2D eigenvalue weighted by atomic mass is 10.3. The first-order chi connectivity index (χ1) is 8.47. The average molecular weight is 283 g/mol. The predicted octanol–water partition coefficient (Wildman–Crippen LogP) is 1.96. The first-order valence-electron chi connectivity index (χ1n) is 5.25. The van der Waals surface area contributed by atoms with Crippen LogP contribution in [-0.4, -0.2) is 13.4 Å².